The highest BCUT2D eigenvalue weighted by molar-refractivity contribution is 5.74. The average Bonchev–Trinajstić information content (AvgIpc) is 2.65. The second kappa shape index (κ2) is 5.04. The fraction of sp³-hybridized carbons (Fsp3) is 0.462. The van der Waals surface area contributed by atoms with Crippen LogP contribution in [-0.4, -0.2) is 39.8 Å². The van der Waals surface area contributed by atoms with Crippen LogP contribution in [-0.2, 0) is 11.3 Å². The SMILES string of the molecule is Cc1ccc(F)cc1CN1CC(O)CC1C(=O)O. The van der Waals surface area contributed by atoms with Gasteiger partial charge in [-0.15, -0.1) is 0 Å². The third-order valence-electron chi connectivity index (χ3n) is 3.35. The zero-order chi connectivity index (χ0) is 13.3. The van der Waals surface area contributed by atoms with Crippen LogP contribution in [0.2, 0.25) is 0 Å². The van der Waals surface area contributed by atoms with E-state index in [9.17, 15) is 14.3 Å². The molecule has 0 spiro atoms. The lowest BCUT2D eigenvalue weighted by atomic mass is 10.1. The van der Waals surface area contributed by atoms with E-state index in [0.29, 0.717) is 13.1 Å². The van der Waals surface area contributed by atoms with Gasteiger partial charge in [0.2, 0.25) is 0 Å². The molecule has 1 fully saturated rings. The van der Waals surface area contributed by atoms with Gasteiger partial charge in [-0.1, -0.05) is 6.07 Å². The molecule has 2 N–H and O–H groups in total. The summed E-state index contributed by atoms with van der Waals surface area (Å²) in [6, 6.07) is 3.78. The maximum Gasteiger partial charge on any atom is 0.321 e. The van der Waals surface area contributed by atoms with Gasteiger partial charge in [-0.05, 0) is 30.2 Å². The van der Waals surface area contributed by atoms with Gasteiger partial charge in [-0.25, -0.2) is 4.39 Å². The summed E-state index contributed by atoms with van der Waals surface area (Å²) in [7, 11) is 0. The van der Waals surface area contributed by atoms with Crippen molar-refractivity contribution in [3.05, 3.63) is 35.1 Å². The average molecular weight is 253 g/mol. The molecule has 0 aliphatic carbocycles. The largest absolute Gasteiger partial charge is 0.480 e. The number of rotatable bonds is 3. The summed E-state index contributed by atoms with van der Waals surface area (Å²) in [5.41, 5.74) is 1.68. The van der Waals surface area contributed by atoms with Crippen molar-refractivity contribution in [1.82, 2.24) is 4.90 Å². The van der Waals surface area contributed by atoms with Gasteiger partial charge < -0.3 is 10.2 Å². The lowest BCUT2D eigenvalue weighted by Gasteiger charge is -2.21. The van der Waals surface area contributed by atoms with Crippen LogP contribution in [0.1, 0.15) is 17.5 Å². The predicted molar refractivity (Wildman–Crippen MR) is 63.6 cm³/mol. The predicted octanol–water partition coefficient (Wildman–Crippen LogP) is 1.15. The number of nitrogens with zero attached hydrogens (tertiary/aromatic N) is 1. The van der Waals surface area contributed by atoms with Gasteiger partial charge in [0.05, 0.1) is 6.10 Å². The number of aliphatic hydroxyl groups is 1. The molecule has 1 aromatic carbocycles. The van der Waals surface area contributed by atoms with Crippen molar-refractivity contribution in [2.75, 3.05) is 6.54 Å². The van der Waals surface area contributed by atoms with E-state index in [1.54, 1.807) is 11.0 Å². The van der Waals surface area contributed by atoms with Crippen LogP contribution in [0.15, 0.2) is 18.2 Å². The van der Waals surface area contributed by atoms with Crippen molar-refractivity contribution in [2.45, 2.75) is 32.0 Å². The maximum atomic E-state index is 13.2. The van der Waals surface area contributed by atoms with Crippen LogP contribution < -0.4 is 0 Å². The Morgan fingerprint density at radius 2 is 2.28 bits per heavy atom. The van der Waals surface area contributed by atoms with Gasteiger partial charge in [-0.2, -0.15) is 0 Å². The number of hydrogen-bond acceptors (Lipinski definition) is 3. The summed E-state index contributed by atoms with van der Waals surface area (Å²) in [6.07, 6.45) is -0.399. The number of hydrogen-bond donors (Lipinski definition) is 2. The smallest absolute Gasteiger partial charge is 0.321 e. The van der Waals surface area contributed by atoms with Gasteiger partial charge in [-0.3, -0.25) is 9.69 Å². The van der Waals surface area contributed by atoms with Crippen molar-refractivity contribution in [3.63, 3.8) is 0 Å². The summed E-state index contributed by atoms with van der Waals surface area (Å²) in [5.74, 6) is -1.28. The molecule has 2 atom stereocenters. The van der Waals surface area contributed by atoms with Gasteiger partial charge in [0.25, 0.3) is 0 Å². The molecule has 0 amide bonds. The highest BCUT2D eigenvalue weighted by atomic mass is 19.1. The van der Waals surface area contributed by atoms with Crippen LogP contribution in [0.5, 0.6) is 0 Å². The summed E-state index contributed by atoms with van der Waals surface area (Å²) in [5, 5.41) is 18.6. The number of halogens is 1. The van der Waals surface area contributed by atoms with E-state index in [-0.39, 0.29) is 12.2 Å². The minimum atomic E-state index is -0.944. The molecular weight excluding hydrogens is 237 g/mol. The molecule has 5 heteroatoms. The second-order valence-corrected chi connectivity index (χ2v) is 4.74. The molecule has 1 heterocycles. The molecule has 98 valence electrons. The number of aliphatic carboxylic acids is 1. The Morgan fingerprint density at radius 1 is 1.56 bits per heavy atom. The standard InChI is InChI=1S/C13H16FNO3/c1-8-2-3-10(14)4-9(8)6-15-7-11(16)5-12(15)13(17)18/h2-4,11-12,16H,5-7H2,1H3,(H,17,18). The van der Waals surface area contributed by atoms with Gasteiger partial charge in [0, 0.05) is 19.5 Å². The molecule has 18 heavy (non-hydrogen) atoms. The molecule has 2 rings (SSSR count). The van der Waals surface area contributed by atoms with Crippen molar-refractivity contribution in [2.24, 2.45) is 0 Å². The summed E-state index contributed by atoms with van der Waals surface area (Å²) < 4.78 is 13.2. The number of likely N-dealkylation sites (tertiary alicyclic amines) is 1. The van der Waals surface area contributed by atoms with Gasteiger partial charge >= 0.3 is 5.97 Å². The number of benzene rings is 1. The third-order valence-corrected chi connectivity index (χ3v) is 3.35. The van der Waals surface area contributed by atoms with E-state index in [2.05, 4.69) is 0 Å². The van der Waals surface area contributed by atoms with E-state index in [4.69, 9.17) is 5.11 Å². The first kappa shape index (κ1) is 13.0. The first-order valence-corrected chi connectivity index (χ1v) is 5.87. The topological polar surface area (TPSA) is 60.8 Å². The molecular formula is C13H16FNO3. The van der Waals surface area contributed by atoms with Crippen LogP contribution in [0.3, 0.4) is 0 Å². The normalized spacial score (nSPS) is 24.4. The Bertz CT molecular complexity index is 464. The van der Waals surface area contributed by atoms with E-state index < -0.39 is 18.1 Å². The summed E-state index contributed by atoms with van der Waals surface area (Å²) in [4.78, 5) is 12.7. The molecule has 1 aliphatic rings. The fourth-order valence-corrected chi connectivity index (χ4v) is 2.34. The number of carbonyl (C=O) groups is 1. The summed E-state index contributed by atoms with van der Waals surface area (Å²) in [6.45, 7) is 2.52. The van der Waals surface area contributed by atoms with Crippen LogP contribution in [0, 0.1) is 12.7 Å². The Morgan fingerprint density at radius 3 is 2.94 bits per heavy atom. The quantitative estimate of drug-likeness (QED) is 0.848. The fourth-order valence-electron chi connectivity index (χ4n) is 2.34. The lowest BCUT2D eigenvalue weighted by Crippen LogP contribution is -2.35. The van der Waals surface area contributed by atoms with Crippen molar-refractivity contribution >= 4 is 5.97 Å². The second-order valence-electron chi connectivity index (χ2n) is 4.74. The van der Waals surface area contributed by atoms with Gasteiger partial charge in [0.1, 0.15) is 11.9 Å². The number of aliphatic hydroxyl groups excluding tert-OH is 1. The minimum absolute atomic E-state index is 0.226. The van der Waals surface area contributed by atoms with E-state index in [0.717, 1.165) is 11.1 Å². The maximum absolute atomic E-state index is 13.2. The molecule has 0 radical (unpaired) electrons. The first-order chi connectivity index (χ1) is 8.47. The molecule has 0 saturated carbocycles. The number of β-amino-alcohol motifs (C(OH)–C–C–N with tert-alkyl or cyclic N) is 1. The Labute approximate surface area is 105 Å². The zero-order valence-electron chi connectivity index (χ0n) is 10.1. The molecule has 0 aromatic heterocycles. The molecule has 4 nitrogen and oxygen atoms in total. The van der Waals surface area contributed by atoms with Crippen molar-refractivity contribution < 1.29 is 19.4 Å². The van der Waals surface area contributed by atoms with Gasteiger partial charge in [0.15, 0.2) is 0 Å². The molecule has 1 aliphatic heterocycles. The molecule has 1 saturated heterocycles. The van der Waals surface area contributed by atoms with E-state index in [1.807, 2.05) is 6.92 Å². The molecule has 1 aromatic rings. The van der Waals surface area contributed by atoms with Crippen molar-refractivity contribution in [1.29, 1.82) is 0 Å². The Kier molecular flexibility index (Phi) is 3.63. The molecule has 2 unspecified atom stereocenters. The highest BCUT2D eigenvalue weighted by Gasteiger charge is 2.35. The van der Waals surface area contributed by atoms with E-state index in [1.165, 1.54) is 12.1 Å². The minimum Gasteiger partial charge on any atom is -0.480 e. The lowest BCUT2D eigenvalue weighted by molar-refractivity contribution is -0.142. The monoisotopic (exact) mass is 253 g/mol. The zero-order valence-corrected chi connectivity index (χ0v) is 10.1. The summed E-state index contributed by atoms with van der Waals surface area (Å²) >= 11 is 0. The van der Waals surface area contributed by atoms with Crippen molar-refractivity contribution in [3.8, 4) is 0 Å². The highest BCUT2D eigenvalue weighted by Crippen LogP contribution is 2.22. The van der Waals surface area contributed by atoms with Crippen LogP contribution >= 0.6 is 0 Å². The first-order valence-electron chi connectivity index (χ1n) is 5.87. The molecule has 0 bridgehead atoms. The number of carboxylic acid groups (broad SMARTS) is 1. The van der Waals surface area contributed by atoms with Crippen LogP contribution in [0.25, 0.3) is 0 Å². The third kappa shape index (κ3) is 2.68. The Balaban J connectivity index is 2.17. The van der Waals surface area contributed by atoms with Crippen LogP contribution in [0.4, 0.5) is 4.39 Å². The Hall–Kier alpha value is -1.46. The number of aryl methyl sites for hydroxylation is 1. The van der Waals surface area contributed by atoms with E-state index >= 15 is 0 Å². The number of carboxylic acids is 1.